The van der Waals surface area contributed by atoms with Gasteiger partial charge >= 0.3 is 0 Å². The van der Waals surface area contributed by atoms with E-state index in [1.54, 1.807) is 13.3 Å². The molecule has 1 saturated carbocycles. The number of aromatic nitrogens is 1. The molecule has 0 radical (unpaired) electrons. The van der Waals surface area contributed by atoms with E-state index in [4.69, 9.17) is 4.74 Å². The van der Waals surface area contributed by atoms with E-state index in [2.05, 4.69) is 9.88 Å². The summed E-state index contributed by atoms with van der Waals surface area (Å²) >= 11 is 0. The Bertz CT molecular complexity index is 612. The second kappa shape index (κ2) is 5.80. The van der Waals surface area contributed by atoms with Crippen LogP contribution in [0.15, 0.2) is 11.0 Å². The lowest BCUT2D eigenvalue weighted by Crippen LogP contribution is -2.51. The number of nitrogens with zero attached hydrogens (tertiary/aromatic N) is 1. The van der Waals surface area contributed by atoms with Crippen molar-refractivity contribution in [1.29, 1.82) is 0 Å². The molecule has 2 fully saturated rings. The molecule has 0 amide bonds. The number of aliphatic hydroxyl groups excluding tert-OH is 1. The predicted octanol–water partition coefficient (Wildman–Crippen LogP) is 1.50. The second-order valence-electron chi connectivity index (χ2n) is 6.84. The van der Waals surface area contributed by atoms with Crippen LogP contribution < -0.4 is 5.43 Å². The third-order valence-electron chi connectivity index (χ3n) is 5.65. The lowest BCUT2D eigenvalue weighted by molar-refractivity contribution is -0.0880. The van der Waals surface area contributed by atoms with E-state index < -0.39 is 0 Å². The van der Waals surface area contributed by atoms with Crippen LogP contribution in [0.4, 0.5) is 0 Å². The van der Waals surface area contributed by atoms with Crippen LogP contribution in [0.5, 0.6) is 0 Å². The summed E-state index contributed by atoms with van der Waals surface area (Å²) in [6.07, 6.45) is 5.03. The summed E-state index contributed by atoms with van der Waals surface area (Å²) in [5.41, 5.74) is 2.52. The molecule has 3 atom stereocenters. The van der Waals surface area contributed by atoms with E-state index in [9.17, 15) is 9.90 Å². The average Bonchev–Trinajstić information content (AvgIpc) is 2.87. The van der Waals surface area contributed by atoms with Gasteiger partial charge < -0.3 is 14.8 Å². The maximum absolute atomic E-state index is 12.1. The molecule has 0 aromatic carbocycles. The van der Waals surface area contributed by atoms with Gasteiger partial charge in [0.15, 0.2) is 5.43 Å². The molecule has 22 heavy (non-hydrogen) atoms. The van der Waals surface area contributed by atoms with Crippen LogP contribution in [0, 0.1) is 13.8 Å². The van der Waals surface area contributed by atoms with Gasteiger partial charge in [-0.3, -0.25) is 9.69 Å². The van der Waals surface area contributed by atoms with Gasteiger partial charge in [-0.1, -0.05) is 0 Å². The van der Waals surface area contributed by atoms with E-state index in [1.807, 2.05) is 13.8 Å². The first kappa shape index (κ1) is 15.7. The molecular weight excluding hydrogens is 280 g/mol. The van der Waals surface area contributed by atoms with E-state index in [0.29, 0.717) is 6.54 Å². The Kier molecular flexibility index (Phi) is 4.14. The summed E-state index contributed by atoms with van der Waals surface area (Å²) < 4.78 is 5.87. The van der Waals surface area contributed by atoms with Gasteiger partial charge in [-0.2, -0.15) is 0 Å². The first-order valence-electron chi connectivity index (χ1n) is 8.12. The number of aromatic amines is 1. The van der Waals surface area contributed by atoms with Crippen molar-refractivity contribution in [2.45, 2.75) is 63.8 Å². The predicted molar refractivity (Wildman–Crippen MR) is 84.9 cm³/mol. The van der Waals surface area contributed by atoms with Crippen LogP contribution in [0.1, 0.15) is 42.5 Å². The summed E-state index contributed by atoms with van der Waals surface area (Å²) in [6, 6.07) is 0.227. The highest BCUT2D eigenvalue weighted by Gasteiger charge is 2.50. The number of rotatable bonds is 3. The number of fused-ring (bicyclic) bond motifs is 1. The fourth-order valence-electron chi connectivity index (χ4n) is 4.13. The molecule has 5 nitrogen and oxygen atoms in total. The number of H-pyrrole nitrogens is 1. The largest absolute Gasteiger partial charge is 0.393 e. The number of hydrogen-bond acceptors (Lipinski definition) is 4. The molecule has 122 valence electrons. The van der Waals surface area contributed by atoms with Crippen molar-refractivity contribution >= 4 is 0 Å². The van der Waals surface area contributed by atoms with Crippen molar-refractivity contribution in [3.63, 3.8) is 0 Å². The van der Waals surface area contributed by atoms with E-state index in [1.165, 1.54) is 0 Å². The fourth-order valence-corrected chi connectivity index (χ4v) is 4.13. The summed E-state index contributed by atoms with van der Waals surface area (Å²) in [6.45, 7) is 5.37. The Morgan fingerprint density at radius 2 is 2.23 bits per heavy atom. The smallest absolute Gasteiger partial charge is 0.187 e. The highest BCUT2D eigenvalue weighted by Crippen LogP contribution is 2.42. The summed E-state index contributed by atoms with van der Waals surface area (Å²) in [5.74, 6) is 0. The zero-order chi connectivity index (χ0) is 15.9. The van der Waals surface area contributed by atoms with Gasteiger partial charge in [0.2, 0.25) is 0 Å². The lowest BCUT2D eigenvalue weighted by Gasteiger charge is -2.42. The zero-order valence-electron chi connectivity index (χ0n) is 13.7. The number of ether oxygens (including phenoxy) is 1. The molecule has 1 aromatic heterocycles. The minimum absolute atomic E-state index is 0.120. The number of nitrogens with one attached hydrogen (secondary N) is 1. The molecule has 1 aromatic rings. The molecule has 1 aliphatic heterocycles. The number of pyridine rings is 1. The van der Waals surface area contributed by atoms with Crippen molar-refractivity contribution in [3.05, 3.63) is 33.2 Å². The van der Waals surface area contributed by atoms with Crippen molar-refractivity contribution in [3.8, 4) is 0 Å². The number of likely N-dealkylation sites (tertiary alicyclic amines) is 1. The van der Waals surface area contributed by atoms with Gasteiger partial charge in [-0.15, -0.1) is 0 Å². The molecule has 3 rings (SSSR count). The Hall–Kier alpha value is -1.17. The number of aliphatic hydroxyl groups is 1. The van der Waals surface area contributed by atoms with Gasteiger partial charge in [-0.05, 0) is 39.5 Å². The van der Waals surface area contributed by atoms with E-state index in [-0.39, 0.29) is 23.2 Å². The third kappa shape index (κ3) is 2.51. The first-order valence-corrected chi connectivity index (χ1v) is 8.12. The van der Waals surface area contributed by atoms with Gasteiger partial charge in [0, 0.05) is 49.3 Å². The standard InChI is InChI=1S/C17H26N2O3/c1-11-9-18-14(12(2)16(11)21)10-19-7-6-17(22-3)5-4-13(20)8-15(17)19/h9,13,15,20H,4-8,10H2,1-3H3,(H,18,21)/t13-,15-,17+/m0/s1. The van der Waals surface area contributed by atoms with Crippen LogP contribution in [-0.2, 0) is 11.3 Å². The SMILES string of the molecule is CO[C@@]12CC[C@H](O)C[C@@H]1N(Cc1[nH]cc(C)c(=O)c1C)CC2. The van der Waals surface area contributed by atoms with Crippen LogP contribution >= 0.6 is 0 Å². The van der Waals surface area contributed by atoms with Crippen molar-refractivity contribution in [2.75, 3.05) is 13.7 Å². The van der Waals surface area contributed by atoms with Gasteiger partial charge in [0.25, 0.3) is 0 Å². The third-order valence-corrected chi connectivity index (χ3v) is 5.65. The highest BCUT2D eigenvalue weighted by molar-refractivity contribution is 5.24. The van der Waals surface area contributed by atoms with E-state index in [0.717, 1.165) is 49.0 Å². The zero-order valence-corrected chi connectivity index (χ0v) is 13.7. The second-order valence-corrected chi connectivity index (χ2v) is 6.84. The Balaban J connectivity index is 1.84. The molecule has 1 saturated heterocycles. The molecule has 0 bridgehead atoms. The number of methoxy groups -OCH3 is 1. The van der Waals surface area contributed by atoms with Crippen LogP contribution in [0.2, 0.25) is 0 Å². The summed E-state index contributed by atoms with van der Waals surface area (Å²) in [4.78, 5) is 17.7. The molecular formula is C17H26N2O3. The lowest BCUT2D eigenvalue weighted by atomic mass is 9.79. The Morgan fingerprint density at radius 3 is 2.95 bits per heavy atom. The van der Waals surface area contributed by atoms with Gasteiger partial charge in [0.05, 0.1) is 11.7 Å². The molecule has 1 aliphatic carbocycles. The maximum Gasteiger partial charge on any atom is 0.187 e. The van der Waals surface area contributed by atoms with Gasteiger partial charge in [0.1, 0.15) is 0 Å². The monoisotopic (exact) mass is 306 g/mol. The molecule has 2 heterocycles. The number of aryl methyl sites for hydroxylation is 1. The van der Waals surface area contributed by atoms with Gasteiger partial charge in [-0.25, -0.2) is 0 Å². The minimum Gasteiger partial charge on any atom is -0.393 e. The molecule has 0 unspecified atom stereocenters. The van der Waals surface area contributed by atoms with Crippen molar-refractivity contribution in [2.24, 2.45) is 0 Å². The van der Waals surface area contributed by atoms with E-state index >= 15 is 0 Å². The molecule has 2 N–H and O–H groups in total. The average molecular weight is 306 g/mol. The van der Waals surface area contributed by atoms with Crippen molar-refractivity contribution < 1.29 is 9.84 Å². The molecule has 2 aliphatic rings. The normalized spacial score (nSPS) is 32.2. The topological polar surface area (TPSA) is 65.6 Å². The first-order chi connectivity index (χ1) is 10.5. The highest BCUT2D eigenvalue weighted by atomic mass is 16.5. The van der Waals surface area contributed by atoms with Crippen LogP contribution in [-0.4, -0.2) is 46.4 Å². The van der Waals surface area contributed by atoms with Crippen LogP contribution in [0.3, 0.4) is 0 Å². The Morgan fingerprint density at radius 1 is 1.45 bits per heavy atom. The molecule has 0 spiro atoms. The summed E-state index contributed by atoms with van der Waals surface area (Å²) in [5, 5.41) is 10.0. The fraction of sp³-hybridized carbons (Fsp3) is 0.706. The minimum atomic E-state index is -0.243. The Labute approximate surface area is 131 Å². The molecule has 5 heteroatoms. The quantitative estimate of drug-likeness (QED) is 0.888. The number of hydrogen-bond donors (Lipinski definition) is 2. The van der Waals surface area contributed by atoms with Crippen LogP contribution in [0.25, 0.3) is 0 Å². The maximum atomic E-state index is 12.1. The summed E-state index contributed by atoms with van der Waals surface area (Å²) in [7, 11) is 1.78. The van der Waals surface area contributed by atoms with Crippen molar-refractivity contribution in [1.82, 2.24) is 9.88 Å².